The predicted molar refractivity (Wildman–Crippen MR) is 101 cm³/mol. The van der Waals surface area contributed by atoms with E-state index in [-0.39, 0.29) is 11.6 Å². The second kappa shape index (κ2) is 7.39. The van der Waals surface area contributed by atoms with E-state index in [2.05, 4.69) is 23.8 Å². The van der Waals surface area contributed by atoms with Gasteiger partial charge in [0.25, 0.3) is 0 Å². The van der Waals surface area contributed by atoms with Crippen molar-refractivity contribution in [2.75, 3.05) is 11.9 Å². The summed E-state index contributed by atoms with van der Waals surface area (Å²) < 4.78 is 40.6. The first kappa shape index (κ1) is 18.9. The van der Waals surface area contributed by atoms with Crippen LogP contribution in [0, 0.1) is 0 Å². The van der Waals surface area contributed by atoms with Crippen molar-refractivity contribution in [3.8, 4) is 11.4 Å². The van der Waals surface area contributed by atoms with Crippen LogP contribution in [0.5, 0.6) is 0 Å². The van der Waals surface area contributed by atoms with E-state index in [9.17, 15) is 13.2 Å². The van der Waals surface area contributed by atoms with E-state index in [1.165, 1.54) is 4.90 Å². The number of alkyl halides is 3. The Kier molecular flexibility index (Phi) is 5.17. The molecule has 3 nitrogen and oxygen atoms in total. The molecule has 0 aliphatic rings. The zero-order valence-electron chi connectivity index (χ0n) is 15.3. The summed E-state index contributed by atoms with van der Waals surface area (Å²) >= 11 is 0. The first-order chi connectivity index (χ1) is 12.8. The van der Waals surface area contributed by atoms with E-state index < -0.39 is 11.7 Å². The maximum Gasteiger partial charge on any atom is 0.421 e. The molecule has 0 spiro atoms. The number of hydrogen-bond donors (Lipinski definition) is 0. The summed E-state index contributed by atoms with van der Waals surface area (Å²) in [4.78, 5) is 9.62. The van der Waals surface area contributed by atoms with Gasteiger partial charge in [-0.25, -0.2) is 9.97 Å². The van der Waals surface area contributed by atoms with Gasteiger partial charge in [0.15, 0.2) is 5.82 Å². The largest absolute Gasteiger partial charge is 0.421 e. The second-order valence-electron chi connectivity index (χ2n) is 6.60. The fraction of sp³-hybridized carbons (Fsp3) is 0.238. The number of hydrogen-bond acceptors (Lipinski definition) is 3. The van der Waals surface area contributed by atoms with E-state index in [0.29, 0.717) is 17.2 Å². The maximum absolute atomic E-state index is 13.5. The Bertz CT molecular complexity index is 904. The quantitative estimate of drug-likeness (QED) is 0.559. The molecule has 0 saturated heterocycles. The van der Waals surface area contributed by atoms with Crippen molar-refractivity contribution in [3.63, 3.8) is 0 Å². The normalized spacial score (nSPS) is 11.7. The molecule has 6 heteroatoms. The van der Waals surface area contributed by atoms with Crippen LogP contribution in [0.25, 0.3) is 11.4 Å². The van der Waals surface area contributed by atoms with Crippen molar-refractivity contribution in [3.05, 3.63) is 71.9 Å². The molecule has 27 heavy (non-hydrogen) atoms. The molecule has 0 radical (unpaired) electrons. The zero-order chi connectivity index (χ0) is 19.6. The number of benzene rings is 2. The highest BCUT2D eigenvalue weighted by molar-refractivity contribution is 5.66. The van der Waals surface area contributed by atoms with Gasteiger partial charge < -0.3 is 4.90 Å². The minimum Gasteiger partial charge on any atom is -0.329 e. The van der Waals surface area contributed by atoms with Gasteiger partial charge >= 0.3 is 6.18 Å². The number of nitrogens with zero attached hydrogens (tertiary/aromatic N) is 3. The van der Waals surface area contributed by atoms with Crippen LogP contribution in [0.15, 0.2) is 60.8 Å². The smallest absolute Gasteiger partial charge is 0.329 e. The van der Waals surface area contributed by atoms with Crippen LogP contribution >= 0.6 is 0 Å². The summed E-state index contributed by atoms with van der Waals surface area (Å²) in [5.41, 5.74) is 1.55. The Hall–Kier alpha value is -2.89. The van der Waals surface area contributed by atoms with Crippen LogP contribution in [0.4, 0.5) is 24.7 Å². The van der Waals surface area contributed by atoms with Crippen molar-refractivity contribution < 1.29 is 13.2 Å². The molecule has 0 unspecified atom stereocenters. The lowest BCUT2D eigenvalue weighted by Crippen LogP contribution is -2.19. The molecule has 0 amide bonds. The van der Waals surface area contributed by atoms with Gasteiger partial charge in [0, 0.05) is 24.5 Å². The lowest BCUT2D eigenvalue weighted by Gasteiger charge is -2.23. The molecule has 3 aromatic rings. The third kappa shape index (κ3) is 4.10. The van der Waals surface area contributed by atoms with Crippen molar-refractivity contribution in [2.24, 2.45) is 0 Å². The van der Waals surface area contributed by atoms with Crippen molar-refractivity contribution >= 4 is 11.5 Å². The summed E-state index contributed by atoms with van der Waals surface area (Å²) in [5.74, 6) is 0.428. The van der Waals surface area contributed by atoms with E-state index in [1.54, 1.807) is 43.4 Å². The molecule has 0 saturated carbocycles. The Morgan fingerprint density at radius 2 is 1.56 bits per heavy atom. The summed E-state index contributed by atoms with van der Waals surface area (Å²) in [6.07, 6.45) is -3.69. The number of anilines is 2. The average molecular weight is 371 g/mol. The second-order valence-corrected chi connectivity index (χ2v) is 6.60. The van der Waals surface area contributed by atoms with E-state index in [0.717, 1.165) is 11.8 Å². The average Bonchev–Trinajstić information content (AvgIpc) is 2.67. The lowest BCUT2D eigenvalue weighted by molar-refractivity contribution is -0.137. The molecule has 1 aromatic heterocycles. The highest BCUT2D eigenvalue weighted by atomic mass is 19.4. The van der Waals surface area contributed by atoms with Gasteiger partial charge in [0.2, 0.25) is 0 Å². The topological polar surface area (TPSA) is 29.0 Å². The Labute approximate surface area is 156 Å². The van der Waals surface area contributed by atoms with E-state index in [1.807, 2.05) is 18.2 Å². The van der Waals surface area contributed by atoms with Gasteiger partial charge in [-0.05, 0) is 23.6 Å². The molecular formula is C21H20F3N3. The summed E-state index contributed by atoms with van der Waals surface area (Å²) in [6, 6.07) is 16.4. The number of halogens is 3. The molecule has 0 aliphatic heterocycles. The van der Waals surface area contributed by atoms with E-state index >= 15 is 0 Å². The van der Waals surface area contributed by atoms with Gasteiger partial charge in [-0.2, -0.15) is 13.2 Å². The van der Waals surface area contributed by atoms with Gasteiger partial charge in [-0.15, -0.1) is 0 Å². The minimum absolute atomic E-state index is 0.173. The Morgan fingerprint density at radius 1 is 0.926 bits per heavy atom. The molecule has 0 atom stereocenters. The summed E-state index contributed by atoms with van der Waals surface area (Å²) in [5, 5.41) is 0. The van der Waals surface area contributed by atoms with Gasteiger partial charge in [-0.1, -0.05) is 56.3 Å². The standard InChI is InChI=1S/C21H20F3N3/c1-14(2)15-9-11-17(12-10-15)27(3)20-18(21(22,23)24)13-25-19(26-20)16-7-5-4-6-8-16/h4-14H,1-3H3. The molecule has 1 heterocycles. The molecule has 3 rings (SSSR count). The zero-order valence-corrected chi connectivity index (χ0v) is 15.3. The SMILES string of the molecule is CC(C)c1ccc(N(C)c2nc(-c3ccccc3)ncc2C(F)(F)F)cc1. The van der Waals surface area contributed by atoms with E-state index in [4.69, 9.17) is 0 Å². The maximum atomic E-state index is 13.5. The highest BCUT2D eigenvalue weighted by Crippen LogP contribution is 2.38. The van der Waals surface area contributed by atoms with Crippen LogP contribution in [-0.4, -0.2) is 17.0 Å². The van der Waals surface area contributed by atoms with Gasteiger partial charge in [-0.3, -0.25) is 0 Å². The third-order valence-corrected chi connectivity index (χ3v) is 4.37. The van der Waals surface area contributed by atoms with Gasteiger partial charge in [0.05, 0.1) is 0 Å². The first-order valence-corrected chi connectivity index (χ1v) is 8.60. The lowest BCUT2D eigenvalue weighted by atomic mass is 10.0. The Morgan fingerprint density at radius 3 is 2.11 bits per heavy atom. The van der Waals surface area contributed by atoms with Gasteiger partial charge in [0.1, 0.15) is 11.4 Å². The molecule has 0 bridgehead atoms. The first-order valence-electron chi connectivity index (χ1n) is 8.60. The van der Waals surface area contributed by atoms with Crippen LogP contribution in [0.3, 0.4) is 0 Å². The third-order valence-electron chi connectivity index (χ3n) is 4.37. The molecular weight excluding hydrogens is 351 g/mol. The fourth-order valence-corrected chi connectivity index (χ4v) is 2.76. The van der Waals surface area contributed by atoms with Crippen molar-refractivity contribution in [1.29, 1.82) is 0 Å². The molecule has 0 aliphatic carbocycles. The summed E-state index contributed by atoms with van der Waals surface area (Å²) in [6.45, 7) is 4.13. The van der Waals surface area contributed by atoms with Crippen molar-refractivity contribution in [2.45, 2.75) is 25.9 Å². The van der Waals surface area contributed by atoms with Crippen LogP contribution in [0.1, 0.15) is 30.9 Å². The molecule has 140 valence electrons. The van der Waals surface area contributed by atoms with Crippen LogP contribution < -0.4 is 4.90 Å². The predicted octanol–water partition coefficient (Wildman–Crippen LogP) is 6.05. The number of rotatable bonds is 4. The fourth-order valence-electron chi connectivity index (χ4n) is 2.76. The highest BCUT2D eigenvalue weighted by Gasteiger charge is 2.36. The van der Waals surface area contributed by atoms with Crippen molar-refractivity contribution in [1.82, 2.24) is 9.97 Å². The van der Waals surface area contributed by atoms with Crippen LogP contribution in [-0.2, 0) is 6.18 Å². The Balaban J connectivity index is 2.07. The summed E-state index contributed by atoms with van der Waals surface area (Å²) in [7, 11) is 1.58. The number of aromatic nitrogens is 2. The molecule has 0 fully saturated rings. The monoisotopic (exact) mass is 371 g/mol. The minimum atomic E-state index is -4.54. The molecule has 0 N–H and O–H groups in total. The molecule has 2 aromatic carbocycles. The van der Waals surface area contributed by atoms with Crippen LogP contribution in [0.2, 0.25) is 0 Å².